The molecule has 4 heteroatoms. The molecule has 1 aromatic carbocycles. The fourth-order valence-corrected chi connectivity index (χ4v) is 1.25. The van der Waals surface area contributed by atoms with Crippen molar-refractivity contribution in [2.45, 2.75) is 38.8 Å². The standard InChI is InChI=1S/C13H20FNO2/c1-4-13(3,16)8-17-12-6-5-10(9(2)15)7-11(12)14/h5-7,9,16H,4,8,15H2,1-3H3. The van der Waals surface area contributed by atoms with Crippen LogP contribution >= 0.6 is 0 Å². The van der Waals surface area contributed by atoms with E-state index in [0.717, 1.165) is 5.56 Å². The summed E-state index contributed by atoms with van der Waals surface area (Å²) in [4.78, 5) is 0. The van der Waals surface area contributed by atoms with Crippen molar-refractivity contribution in [1.29, 1.82) is 0 Å². The molecule has 0 radical (unpaired) electrons. The second-order valence-electron chi connectivity index (χ2n) is 4.62. The van der Waals surface area contributed by atoms with Gasteiger partial charge >= 0.3 is 0 Å². The molecule has 1 rings (SSSR count). The highest BCUT2D eigenvalue weighted by molar-refractivity contribution is 5.30. The highest BCUT2D eigenvalue weighted by atomic mass is 19.1. The van der Waals surface area contributed by atoms with Crippen LogP contribution in [0.25, 0.3) is 0 Å². The van der Waals surface area contributed by atoms with Crippen molar-refractivity contribution in [2.75, 3.05) is 6.61 Å². The maximum Gasteiger partial charge on any atom is 0.165 e. The molecule has 0 saturated heterocycles. The maximum absolute atomic E-state index is 13.6. The van der Waals surface area contributed by atoms with Crippen LogP contribution < -0.4 is 10.5 Å². The molecule has 0 fully saturated rings. The van der Waals surface area contributed by atoms with Crippen LogP contribution in [0, 0.1) is 5.82 Å². The van der Waals surface area contributed by atoms with Crippen LogP contribution in [0.15, 0.2) is 18.2 Å². The third kappa shape index (κ3) is 3.98. The molecule has 3 N–H and O–H groups in total. The van der Waals surface area contributed by atoms with Crippen LogP contribution in [0.4, 0.5) is 4.39 Å². The lowest BCUT2D eigenvalue weighted by Gasteiger charge is -2.21. The zero-order chi connectivity index (χ0) is 13.1. The molecule has 0 spiro atoms. The minimum atomic E-state index is -0.938. The quantitative estimate of drug-likeness (QED) is 0.832. The van der Waals surface area contributed by atoms with Crippen LogP contribution in [0.5, 0.6) is 5.75 Å². The molecule has 3 nitrogen and oxygen atoms in total. The summed E-state index contributed by atoms with van der Waals surface area (Å²) < 4.78 is 18.9. The average molecular weight is 241 g/mol. The predicted octanol–water partition coefficient (Wildman–Crippen LogP) is 2.39. The van der Waals surface area contributed by atoms with Gasteiger partial charge in [0.05, 0.1) is 5.60 Å². The van der Waals surface area contributed by atoms with Gasteiger partial charge in [-0.3, -0.25) is 0 Å². The highest BCUT2D eigenvalue weighted by Gasteiger charge is 2.19. The maximum atomic E-state index is 13.6. The van der Waals surface area contributed by atoms with Gasteiger partial charge in [0, 0.05) is 6.04 Å². The van der Waals surface area contributed by atoms with E-state index in [-0.39, 0.29) is 18.4 Å². The van der Waals surface area contributed by atoms with Crippen molar-refractivity contribution in [3.8, 4) is 5.75 Å². The van der Waals surface area contributed by atoms with Gasteiger partial charge in [-0.2, -0.15) is 0 Å². The fraction of sp³-hybridized carbons (Fsp3) is 0.538. The van der Waals surface area contributed by atoms with Crippen LogP contribution in [-0.4, -0.2) is 17.3 Å². The Hall–Kier alpha value is -1.13. The average Bonchev–Trinajstić information content (AvgIpc) is 2.27. The van der Waals surface area contributed by atoms with Crippen molar-refractivity contribution >= 4 is 0 Å². The number of hydrogen-bond donors (Lipinski definition) is 2. The van der Waals surface area contributed by atoms with Crippen LogP contribution in [-0.2, 0) is 0 Å². The zero-order valence-electron chi connectivity index (χ0n) is 10.5. The topological polar surface area (TPSA) is 55.5 Å². The molecule has 1 aromatic rings. The van der Waals surface area contributed by atoms with Crippen molar-refractivity contribution < 1.29 is 14.2 Å². The summed E-state index contributed by atoms with van der Waals surface area (Å²) in [6.45, 7) is 5.36. The molecular weight excluding hydrogens is 221 g/mol. The first-order valence-electron chi connectivity index (χ1n) is 5.76. The first kappa shape index (κ1) is 13.9. The van der Waals surface area contributed by atoms with Gasteiger partial charge < -0.3 is 15.6 Å². The number of aliphatic hydroxyl groups is 1. The van der Waals surface area contributed by atoms with Crippen LogP contribution in [0.2, 0.25) is 0 Å². The molecule has 0 aromatic heterocycles. The largest absolute Gasteiger partial charge is 0.488 e. The molecule has 0 bridgehead atoms. The van der Waals surface area contributed by atoms with Gasteiger partial charge in [-0.05, 0) is 38.0 Å². The van der Waals surface area contributed by atoms with Gasteiger partial charge in [-0.25, -0.2) is 4.39 Å². The summed E-state index contributed by atoms with van der Waals surface area (Å²) in [5, 5.41) is 9.75. The monoisotopic (exact) mass is 241 g/mol. The first-order chi connectivity index (χ1) is 7.85. The van der Waals surface area contributed by atoms with E-state index in [1.807, 2.05) is 6.92 Å². The van der Waals surface area contributed by atoms with Crippen molar-refractivity contribution in [2.24, 2.45) is 5.73 Å². The molecule has 0 aliphatic rings. The zero-order valence-corrected chi connectivity index (χ0v) is 10.5. The summed E-state index contributed by atoms with van der Waals surface area (Å²) in [5.41, 5.74) is 5.43. The van der Waals surface area contributed by atoms with Gasteiger partial charge in [0.25, 0.3) is 0 Å². The lowest BCUT2D eigenvalue weighted by atomic mass is 10.1. The van der Waals surface area contributed by atoms with E-state index < -0.39 is 11.4 Å². The molecule has 2 atom stereocenters. The predicted molar refractivity (Wildman–Crippen MR) is 65.4 cm³/mol. The van der Waals surface area contributed by atoms with E-state index >= 15 is 0 Å². The summed E-state index contributed by atoms with van der Waals surface area (Å²) >= 11 is 0. The molecule has 17 heavy (non-hydrogen) atoms. The Balaban J connectivity index is 2.73. The molecule has 0 amide bonds. The molecule has 0 aliphatic carbocycles. The van der Waals surface area contributed by atoms with Gasteiger partial charge in [-0.15, -0.1) is 0 Å². The molecular formula is C13H20FNO2. The number of nitrogens with two attached hydrogens (primary N) is 1. The van der Waals surface area contributed by atoms with E-state index in [1.165, 1.54) is 6.07 Å². The molecule has 0 aliphatic heterocycles. The molecule has 0 saturated carbocycles. The Morgan fingerprint density at radius 3 is 2.65 bits per heavy atom. The van der Waals surface area contributed by atoms with E-state index in [2.05, 4.69) is 0 Å². The van der Waals surface area contributed by atoms with Crippen LogP contribution in [0.1, 0.15) is 38.8 Å². The van der Waals surface area contributed by atoms with E-state index in [1.54, 1.807) is 26.0 Å². The Morgan fingerprint density at radius 1 is 1.53 bits per heavy atom. The summed E-state index contributed by atoms with van der Waals surface area (Å²) in [6, 6.07) is 4.42. The normalized spacial score (nSPS) is 16.4. The Morgan fingerprint density at radius 2 is 2.18 bits per heavy atom. The number of ether oxygens (including phenoxy) is 1. The fourth-order valence-electron chi connectivity index (χ4n) is 1.25. The number of halogens is 1. The van der Waals surface area contributed by atoms with Crippen molar-refractivity contribution in [3.63, 3.8) is 0 Å². The summed E-state index contributed by atoms with van der Waals surface area (Å²) in [5.74, 6) is -0.310. The third-order valence-electron chi connectivity index (χ3n) is 2.78. The van der Waals surface area contributed by atoms with Gasteiger partial charge in [0.15, 0.2) is 11.6 Å². The Kier molecular flexibility index (Phi) is 4.48. The smallest absolute Gasteiger partial charge is 0.165 e. The third-order valence-corrected chi connectivity index (χ3v) is 2.78. The minimum absolute atomic E-state index is 0.0674. The number of rotatable bonds is 5. The molecule has 0 heterocycles. The van der Waals surface area contributed by atoms with Crippen molar-refractivity contribution in [1.82, 2.24) is 0 Å². The first-order valence-corrected chi connectivity index (χ1v) is 5.76. The highest BCUT2D eigenvalue weighted by Crippen LogP contribution is 2.22. The number of benzene rings is 1. The lowest BCUT2D eigenvalue weighted by Crippen LogP contribution is -2.31. The Labute approximate surface area is 101 Å². The molecule has 96 valence electrons. The second kappa shape index (κ2) is 5.47. The number of hydrogen-bond acceptors (Lipinski definition) is 3. The minimum Gasteiger partial charge on any atom is -0.488 e. The van der Waals surface area contributed by atoms with E-state index in [0.29, 0.717) is 6.42 Å². The molecule has 2 unspecified atom stereocenters. The second-order valence-corrected chi connectivity index (χ2v) is 4.62. The van der Waals surface area contributed by atoms with Gasteiger partial charge in [0.1, 0.15) is 6.61 Å². The van der Waals surface area contributed by atoms with E-state index in [4.69, 9.17) is 10.5 Å². The van der Waals surface area contributed by atoms with Crippen LogP contribution in [0.3, 0.4) is 0 Å². The SMILES string of the molecule is CCC(C)(O)COc1ccc(C(C)N)cc1F. The van der Waals surface area contributed by atoms with Gasteiger partial charge in [0.2, 0.25) is 0 Å². The van der Waals surface area contributed by atoms with Gasteiger partial charge in [-0.1, -0.05) is 13.0 Å². The Bertz CT molecular complexity index is 378. The summed E-state index contributed by atoms with van der Waals surface area (Å²) in [6.07, 6.45) is 0.548. The van der Waals surface area contributed by atoms with E-state index in [9.17, 15) is 9.50 Å². The van der Waals surface area contributed by atoms with Crippen molar-refractivity contribution in [3.05, 3.63) is 29.6 Å². The lowest BCUT2D eigenvalue weighted by molar-refractivity contribution is 0.00733. The summed E-state index contributed by atoms with van der Waals surface area (Å²) in [7, 11) is 0.